The standard InChI is InChI=1S/C19H24N2O2S/c1-15-7-9-18(10-8-15)24-12-11-21(2)14-19(22)20-16-5-4-6-17(13-16)23-3/h4-10,13H,11-12,14H2,1-3H3,(H,20,22). The Balaban J connectivity index is 1.72. The Hall–Kier alpha value is -1.98. The van der Waals surface area contributed by atoms with Crippen molar-refractivity contribution >= 4 is 23.4 Å². The maximum absolute atomic E-state index is 12.1. The van der Waals surface area contributed by atoms with Crippen LogP contribution in [0.1, 0.15) is 5.56 Å². The van der Waals surface area contributed by atoms with Crippen molar-refractivity contribution in [2.45, 2.75) is 11.8 Å². The Labute approximate surface area is 148 Å². The normalized spacial score (nSPS) is 10.7. The molecule has 0 bridgehead atoms. The van der Waals surface area contributed by atoms with Crippen molar-refractivity contribution in [2.75, 3.05) is 38.3 Å². The molecule has 0 unspecified atom stereocenters. The summed E-state index contributed by atoms with van der Waals surface area (Å²) in [4.78, 5) is 15.4. The average Bonchev–Trinajstić information content (AvgIpc) is 2.56. The number of hydrogen-bond acceptors (Lipinski definition) is 4. The predicted octanol–water partition coefficient (Wildman–Crippen LogP) is 3.67. The van der Waals surface area contributed by atoms with Crippen LogP contribution in [0.15, 0.2) is 53.4 Å². The van der Waals surface area contributed by atoms with Crippen molar-refractivity contribution in [3.8, 4) is 5.75 Å². The molecule has 4 nitrogen and oxygen atoms in total. The molecule has 0 atom stereocenters. The molecule has 0 radical (unpaired) electrons. The van der Waals surface area contributed by atoms with E-state index in [1.807, 2.05) is 36.2 Å². The van der Waals surface area contributed by atoms with Crippen LogP contribution in [0.3, 0.4) is 0 Å². The van der Waals surface area contributed by atoms with Gasteiger partial charge in [-0.15, -0.1) is 11.8 Å². The van der Waals surface area contributed by atoms with E-state index in [9.17, 15) is 4.79 Å². The van der Waals surface area contributed by atoms with Crippen molar-refractivity contribution in [1.82, 2.24) is 4.90 Å². The van der Waals surface area contributed by atoms with Crippen LogP contribution in [-0.2, 0) is 4.79 Å². The highest BCUT2D eigenvalue weighted by Gasteiger charge is 2.07. The summed E-state index contributed by atoms with van der Waals surface area (Å²) in [6.07, 6.45) is 0. The number of carbonyl (C=O) groups is 1. The molecule has 24 heavy (non-hydrogen) atoms. The fraction of sp³-hybridized carbons (Fsp3) is 0.316. The highest BCUT2D eigenvalue weighted by molar-refractivity contribution is 7.99. The van der Waals surface area contributed by atoms with Gasteiger partial charge < -0.3 is 10.1 Å². The van der Waals surface area contributed by atoms with E-state index < -0.39 is 0 Å². The van der Waals surface area contributed by atoms with E-state index in [1.54, 1.807) is 18.9 Å². The molecule has 2 aromatic carbocycles. The highest BCUT2D eigenvalue weighted by atomic mass is 32.2. The average molecular weight is 344 g/mol. The molecular formula is C19H24N2O2S. The number of nitrogens with zero attached hydrogens (tertiary/aromatic N) is 1. The number of methoxy groups -OCH3 is 1. The van der Waals surface area contributed by atoms with Gasteiger partial charge in [-0.3, -0.25) is 9.69 Å². The molecule has 0 saturated heterocycles. The zero-order valence-corrected chi connectivity index (χ0v) is 15.2. The largest absolute Gasteiger partial charge is 0.497 e. The molecular weight excluding hydrogens is 320 g/mol. The SMILES string of the molecule is COc1cccc(NC(=O)CN(C)CCSc2ccc(C)cc2)c1. The molecule has 0 aliphatic rings. The number of aryl methyl sites for hydroxylation is 1. The number of nitrogens with one attached hydrogen (secondary N) is 1. The maximum Gasteiger partial charge on any atom is 0.238 e. The van der Waals surface area contributed by atoms with E-state index in [0.717, 1.165) is 23.7 Å². The Kier molecular flexibility index (Phi) is 7.15. The van der Waals surface area contributed by atoms with Crippen molar-refractivity contribution in [1.29, 1.82) is 0 Å². The minimum Gasteiger partial charge on any atom is -0.497 e. The van der Waals surface area contributed by atoms with Gasteiger partial charge in [-0.2, -0.15) is 0 Å². The second kappa shape index (κ2) is 9.35. The van der Waals surface area contributed by atoms with Crippen LogP contribution in [0, 0.1) is 6.92 Å². The van der Waals surface area contributed by atoms with Crippen LogP contribution >= 0.6 is 11.8 Å². The van der Waals surface area contributed by atoms with Gasteiger partial charge in [0, 0.05) is 28.9 Å². The first-order valence-electron chi connectivity index (χ1n) is 7.89. The topological polar surface area (TPSA) is 41.6 Å². The summed E-state index contributed by atoms with van der Waals surface area (Å²) < 4.78 is 5.16. The number of amides is 1. The fourth-order valence-corrected chi connectivity index (χ4v) is 3.15. The van der Waals surface area contributed by atoms with Crippen LogP contribution in [0.5, 0.6) is 5.75 Å². The first-order chi connectivity index (χ1) is 11.6. The summed E-state index contributed by atoms with van der Waals surface area (Å²) in [6.45, 7) is 3.30. The van der Waals surface area contributed by atoms with Gasteiger partial charge in [0.25, 0.3) is 0 Å². The van der Waals surface area contributed by atoms with E-state index in [-0.39, 0.29) is 5.91 Å². The van der Waals surface area contributed by atoms with E-state index in [0.29, 0.717) is 6.54 Å². The maximum atomic E-state index is 12.1. The Morgan fingerprint density at radius 1 is 1.21 bits per heavy atom. The first kappa shape index (κ1) is 18.4. The lowest BCUT2D eigenvalue weighted by atomic mass is 10.2. The number of ether oxygens (including phenoxy) is 1. The van der Waals surface area contributed by atoms with Crippen molar-refractivity contribution in [2.24, 2.45) is 0 Å². The number of hydrogen-bond donors (Lipinski definition) is 1. The van der Waals surface area contributed by atoms with Crippen LogP contribution in [0.25, 0.3) is 0 Å². The van der Waals surface area contributed by atoms with Crippen molar-refractivity contribution in [3.63, 3.8) is 0 Å². The van der Waals surface area contributed by atoms with Crippen LogP contribution in [0.4, 0.5) is 5.69 Å². The van der Waals surface area contributed by atoms with Crippen LogP contribution in [-0.4, -0.2) is 43.8 Å². The summed E-state index contributed by atoms with van der Waals surface area (Å²) in [5.74, 6) is 1.66. The van der Waals surface area contributed by atoms with Crippen molar-refractivity contribution in [3.05, 3.63) is 54.1 Å². The first-order valence-corrected chi connectivity index (χ1v) is 8.87. The predicted molar refractivity (Wildman–Crippen MR) is 101 cm³/mol. The molecule has 0 heterocycles. The van der Waals surface area contributed by atoms with Gasteiger partial charge >= 0.3 is 0 Å². The third-order valence-electron chi connectivity index (χ3n) is 3.53. The zero-order valence-electron chi connectivity index (χ0n) is 14.4. The van der Waals surface area contributed by atoms with Gasteiger partial charge in [-0.05, 0) is 38.2 Å². The number of thioether (sulfide) groups is 1. The Morgan fingerprint density at radius 2 is 1.96 bits per heavy atom. The van der Waals surface area contributed by atoms with E-state index in [1.165, 1.54) is 10.5 Å². The Morgan fingerprint density at radius 3 is 2.67 bits per heavy atom. The van der Waals surface area contributed by atoms with Crippen LogP contribution in [0.2, 0.25) is 0 Å². The Bertz CT molecular complexity index is 659. The summed E-state index contributed by atoms with van der Waals surface area (Å²) in [6, 6.07) is 15.9. The van der Waals surface area contributed by atoms with Gasteiger partial charge in [-0.25, -0.2) is 0 Å². The third kappa shape index (κ3) is 6.26. The smallest absolute Gasteiger partial charge is 0.238 e. The summed E-state index contributed by atoms with van der Waals surface area (Å²) in [7, 11) is 3.57. The molecule has 1 amide bonds. The summed E-state index contributed by atoms with van der Waals surface area (Å²) >= 11 is 1.80. The molecule has 1 N–H and O–H groups in total. The van der Waals surface area contributed by atoms with Gasteiger partial charge in [0.05, 0.1) is 13.7 Å². The number of likely N-dealkylation sites (N-methyl/N-ethyl adjacent to an activating group) is 1. The van der Waals surface area contributed by atoms with Gasteiger partial charge in [0.1, 0.15) is 5.75 Å². The molecule has 2 aromatic rings. The van der Waals surface area contributed by atoms with Gasteiger partial charge in [0.15, 0.2) is 0 Å². The monoisotopic (exact) mass is 344 g/mol. The molecule has 0 aliphatic heterocycles. The number of benzene rings is 2. The van der Waals surface area contributed by atoms with E-state index in [4.69, 9.17) is 4.74 Å². The quantitative estimate of drug-likeness (QED) is 0.742. The van der Waals surface area contributed by atoms with E-state index >= 15 is 0 Å². The summed E-state index contributed by atoms with van der Waals surface area (Å²) in [5.41, 5.74) is 2.02. The van der Waals surface area contributed by atoms with Gasteiger partial charge in [-0.1, -0.05) is 23.8 Å². The second-order valence-corrected chi connectivity index (χ2v) is 6.85. The minimum absolute atomic E-state index is 0.0221. The number of carbonyl (C=O) groups excluding carboxylic acids is 1. The molecule has 2 rings (SSSR count). The molecule has 128 valence electrons. The molecule has 0 spiro atoms. The molecule has 0 saturated carbocycles. The molecule has 0 aromatic heterocycles. The third-order valence-corrected chi connectivity index (χ3v) is 4.52. The molecule has 5 heteroatoms. The lowest BCUT2D eigenvalue weighted by molar-refractivity contribution is -0.117. The number of anilines is 1. The van der Waals surface area contributed by atoms with Gasteiger partial charge in [0.2, 0.25) is 5.91 Å². The molecule has 0 aliphatic carbocycles. The number of rotatable bonds is 8. The van der Waals surface area contributed by atoms with Crippen LogP contribution < -0.4 is 10.1 Å². The second-order valence-electron chi connectivity index (χ2n) is 5.68. The van der Waals surface area contributed by atoms with E-state index in [2.05, 4.69) is 36.5 Å². The lowest BCUT2D eigenvalue weighted by Gasteiger charge is -2.16. The minimum atomic E-state index is -0.0221. The fourth-order valence-electron chi connectivity index (χ4n) is 2.18. The highest BCUT2D eigenvalue weighted by Crippen LogP contribution is 2.18. The zero-order chi connectivity index (χ0) is 17.4. The molecule has 0 fully saturated rings. The van der Waals surface area contributed by atoms with Crippen molar-refractivity contribution < 1.29 is 9.53 Å². The lowest BCUT2D eigenvalue weighted by Crippen LogP contribution is -2.31. The summed E-state index contributed by atoms with van der Waals surface area (Å²) in [5, 5.41) is 2.89.